The summed E-state index contributed by atoms with van der Waals surface area (Å²) in [5, 5.41) is 19.9. The standard InChI is InChI=1S/C19H26O4/c1-11-7-12(2)19(9-20)10-23-18(17(11)13(19)3)14-5-6-15(21)16(8-14)22-4/h5-8,12-13,17-18,20-21H,9-10H2,1-4H3/t12?,13?,17-,18?,19+/m0/s1. The molecular formula is C19H26O4. The number of aliphatic hydroxyl groups is 1. The van der Waals surface area contributed by atoms with Crippen LogP contribution in [0.5, 0.6) is 11.5 Å². The van der Waals surface area contributed by atoms with Gasteiger partial charge in [0.1, 0.15) is 0 Å². The van der Waals surface area contributed by atoms with Crippen LogP contribution in [0.4, 0.5) is 0 Å². The number of benzene rings is 1. The Kier molecular flexibility index (Phi) is 4.15. The van der Waals surface area contributed by atoms with Crippen LogP contribution in [0, 0.1) is 23.2 Å². The minimum absolute atomic E-state index is 0.0806. The summed E-state index contributed by atoms with van der Waals surface area (Å²) < 4.78 is 11.5. The smallest absolute Gasteiger partial charge is 0.160 e. The molecule has 4 heteroatoms. The molecule has 1 fully saturated rings. The van der Waals surface area contributed by atoms with Gasteiger partial charge in [0.15, 0.2) is 11.5 Å². The Morgan fingerprint density at radius 1 is 1.35 bits per heavy atom. The van der Waals surface area contributed by atoms with Gasteiger partial charge in [0.2, 0.25) is 0 Å². The van der Waals surface area contributed by atoms with Crippen molar-refractivity contribution in [2.75, 3.05) is 20.3 Å². The summed E-state index contributed by atoms with van der Waals surface area (Å²) in [6.07, 6.45) is 2.21. The molecule has 2 bridgehead atoms. The third kappa shape index (κ3) is 2.36. The Morgan fingerprint density at radius 3 is 2.74 bits per heavy atom. The van der Waals surface area contributed by atoms with Gasteiger partial charge in [-0.15, -0.1) is 0 Å². The molecule has 1 saturated heterocycles. The molecule has 1 aromatic carbocycles. The number of rotatable bonds is 3. The number of aliphatic hydroxyl groups excluding tert-OH is 1. The Labute approximate surface area is 137 Å². The van der Waals surface area contributed by atoms with Gasteiger partial charge >= 0.3 is 0 Å². The van der Waals surface area contributed by atoms with E-state index >= 15 is 0 Å². The van der Waals surface area contributed by atoms with Crippen LogP contribution in [-0.4, -0.2) is 30.5 Å². The first-order valence-electron chi connectivity index (χ1n) is 8.22. The van der Waals surface area contributed by atoms with E-state index < -0.39 is 0 Å². The lowest BCUT2D eigenvalue weighted by Crippen LogP contribution is -2.53. The van der Waals surface area contributed by atoms with Crippen LogP contribution in [0.15, 0.2) is 29.8 Å². The second kappa shape index (κ2) is 5.84. The molecule has 0 saturated carbocycles. The molecule has 1 heterocycles. The molecule has 3 unspecified atom stereocenters. The summed E-state index contributed by atoms with van der Waals surface area (Å²) in [5.41, 5.74) is 2.11. The summed E-state index contributed by atoms with van der Waals surface area (Å²) >= 11 is 0. The molecule has 5 atom stereocenters. The molecule has 23 heavy (non-hydrogen) atoms. The van der Waals surface area contributed by atoms with E-state index in [1.54, 1.807) is 13.2 Å². The highest BCUT2D eigenvalue weighted by atomic mass is 16.5. The van der Waals surface area contributed by atoms with Gasteiger partial charge in [0, 0.05) is 11.3 Å². The second-order valence-electron chi connectivity index (χ2n) is 7.07. The predicted octanol–water partition coefficient (Wildman–Crippen LogP) is 3.30. The molecule has 2 aliphatic rings. The molecule has 0 radical (unpaired) electrons. The molecule has 1 aliphatic heterocycles. The third-order valence-electron chi connectivity index (χ3n) is 6.08. The number of hydrogen-bond donors (Lipinski definition) is 2. The van der Waals surface area contributed by atoms with Crippen molar-refractivity contribution in [3.8, 4) is 11.5 Å². The molecule has 0 spiro atoms. The van der Waals surface area contributed by atoms with E-state index in [-0.39, 0.29) is 29.8 Å². The summed E-state index contributed by atoms with van der Waals surface area (Å²) in [6, 6.07) is 5.40. The molecule has 2 N–H and O–H groups in total. The average molecular weight is 318 g/mol. The van der Waals surface area contributed by atoms with E-state index in [1.165, 1.54) is 5.57 Å². The van der Waals surface area contributed by atoms with E-state index in [2.05, 4.69) is 26.8 Å². The molecule has 1 aromatic rings. The lowest BCUT2D eigenvalue weighted by molar-refractivity contribution is -0.165. The van der Waals surface area contributed by atoms with Crippen molar-refractivity contribution in [1.29, 1.82) is 0 Å². The zero-order chi connectivity index (χ0) is 16.8. The first-order valence-corrected chi connectivity index (χ1v) is 8.22. The fraction of sp³-hybridized carbons (Fsp3) is 0.579. The van der Waals surface area contributed by atoms with Crippen molar-refractivity contribution < 1.29 is 19.7 Å². The van der Waals surface area contributed by atoms with Crippen LogP contribution in [0.25, 0.3) is 0 Å². The molecule has 4 nitrogen and oxygen atoms in total. The molecule has 1 aliphatic carbocycles. The lowest BCUT2D eigenvalue weighted by Gasteiger charge is -2.55. The molecule has 0 amide bonds. The highest BCUT2D eigenvalue weighted by molar-refractivity contribution is 5.43. The number of fused-ring (bicyclic) bond motifs is 2. The van der Waals surface area contributed by atoms with Gasteiger partial charge in [-0.25, -0.2) is 0 Å². The molecule has 126 valence electrons. The third-order valence-corrected chi connectivity index (χ3v) is 6.08. The molecule has 0 aromatic heterocycles. The van der Waals surface area contributed by atoms with Gasteiger partial charge in [-0.2, -0.15) is 0 Å². The topological polar surface area (TPSA) is 58.9 Å². The van der Waals surface area contributed by atoms with Crippen molar-refractivity contribution in [3.63, 3.8) is 0 Å². The predicted molar refractivity (Wildman–Crippen MR) is 88.4 cm³/mol. The van der Waals surface area contributed by atoms with Crippen molar-refractivity contribution in [1.82, 2.24) is 0 Å². The van der Waals surface area contributed by atoms with Gasteiger partial charge < -0.3 is 19.7 Å². The van der Waals surface area contributed by atoms with Crippen molar-refractivity contribution in [3.05, 3.63) is 35.4 Å². The van der Waals surface area contributed by atoms with Gasteiger partial charge in [-0.05, 0) is 36.5 Å². The van der Waals surface area contributed by atoms with Crippen LogP contribution < -0.4 is 4.74 Å². The monoisotopic (exact) mass is 318 g/mol. The van der Waals surface area contributed by atoms with Crippen molar-refractivity contribution in [2.24, 2.45) is 23.2 Å². The van der Waals surface area contributed by atoms with Gasteiger partial charge in [-0.3, -0.25) is 0 Å². The van der Waals surface area contributed by atoms with E-state index in [4.69, 9.17) is 9.47 Å². The number of methoxy groups -OCH3 is 1. The Balaban J connectivity index is 2.02. The number of allylic oxidation sites excluding steroid dienone is 1. The van der Waals surface area contributed by atoms with Crippen LogP contribution >= 0.6 is 0 Å². The second-order valence-corrected chi connectivity index (χ2v) is 7.07. The fourth-order valence-electron chi connectivity index (χ4n) is 4.46. The summed E-state index contributed by atoms with van der Waals surface area (Å²) in [4.78, 5) is 0. The van der Waals surface area contributed by atoms with Crippen LogP contribution in [0.3, 0.4) is 0 Å². The number of hydrogen-bond acceptors (Lipinski definition) is 4. The molecule has 3 rings (SSSR count). The first-order chi connectivity index (χ1) is 10.9. The van der Waals surface area contributed by atoms with Gasteiger partial charge in [-0.1, -0.05) is 31.6 Å². The summed E-state index contributed by atoms with van der Waals surface area (Å²) in [5.74, 6) is 1.44. The lowest BCUT2D eigenvalue weighted by atomic mass is 9.56. The number of phenolic OH excluding ortho intramolecular Hbond substituents is 1. The maximum Gasteiger partial charge on any atom is 0.160 e. The maximum atomic E-state index is 10.0. The number of phenols is 1. The minimum atomic E-state index is -0.207. The van der Waals surface area contributed by atoms with E-state index in [0.29, 0.717) is 24.2 Å². The SMILES string of the molecule is COc1cc(C2OC[C@]3(CO)C(C)C=C(C)[C@H]2C3C)ccc1O. The zero-order valence-corrected chi connectivity index (χ0v) is 14.2. The van der Waals surface area contributed by atoms with E-state index in [1.807, 2.05) is 12.1 Å². The summed E-state index contributed by atoms with van der Waals surface area (Å²) in [7, 11) is 1.55. The van der Waals surface area contributed by atoms with Crippen LogP contribution in [0.1, 0.15) is 32.4 Å². The van der Waals surface area contributed by atoms with Crippen LogP contribution in [0.2, 0.25) is 0 Å². The summed E-state index contributed by atoms with van der Waals surface area (Å²) in [6.45, 7) is 7.22. The Morgan fingerprint density at radius 2 is 2.09 bits per heavy atom. The highest BCUT2D eigenvalue weighted by Gasteiger charge is 2.53. The average Bonchev–Trinajstić information content (AvgIpc) is 2.53. The number of ether oxygens (including phenoxy) is 2. The highest BCUT2D eigenvalue weighted by Crippen LogP contribution is 2.56. The van der Waals surface area contributed by atoms with Crippen molar-refractivity contribution >= 4 is 0 Å². The van der Waals surface area contributed by atoms with E-state index in [9.17, 15) is 10.2 Å². The Bertz CT molecular complexity index is 624. The molecular weight excluding hydrogens is 292 g/mol. The van der Waals surface area contributed by atoms with Gasteiger partial charge in [0.25, 0.3) is 0 Å². The largest absolute Gasteiger partial charge is 0.504 e. The van der Waals surface area contributed by atoms with E-state index in [0.717, 1.165) is 5.56 Å². The minimum Gasteiger partial charge on any atom is -0.504 e. The quantitative estimate of drug-likeness (QED) is 0.840. The van der Waals surface area contributed by atoms with Crippen molar-refractivity contribution in [2.45, 2.75) is 26.9 Å². The Hall–Kier alpha value is -1.52. The normalized spacial score (nSPS) is 36.5. The van der Waals surface area contributed by atoms with Crippen LogP contribution in [-0.2, 0) is 4.74 Å². The maximum absolute atomic E-state index is 10.0. The zero-order valence-electron chi connectivity index (χ0n) is 14.2. The fourth-order valence-corrected chi connectivity index (χ4v) is 4.46. The van der Waals surface area contributed by atoms with Gasteiger partial charge in [0.05, 0.1) is 26.4 Å². The first kappa shape index (κ1) is 16.3. The number of aromatic hydroxyl groups is 1.